The summed E-state index contributed by atoms with van der Waals surface area (Å²) in [6, 6.07) is -11.5. The molecule has 0 unspecified atom stereocenters. The second-order valence-electron chi connectivity index (χ2n) is 15.2. The molecule has 348 valence electrons. The highest BCUT2D eigenvalue weighted by molar-refractivity contribution is 5.98. The van der Waals surface area contributed by atoms with Crippen LogP contribution in [0.25, 0.3) is 0 Å². The van der Waals surface area contributed by atoms with E-state index in [1.54, 1.807) is 27.7 Å². The number of hydrogen-bond donors (Lipinski definition) is 14. The van der Waals surface area contributed by atoms with E-state index < -0.39 is 139 Å². The molecule has 0 aliphatic carbocycles. The number of aliphatic hydroxyl groups excluding tert-OH is 2. The molecule has 8 amide bonds. The summed E-state index contributed by atoms with van der Waals surface area (Å²) in [5, 5.41) is 57.5. The largest absolute Gasteiger partial charge is 0.481 e. The van der Waals surface area contributed by atoms with E-state index in [4.69, 9.17) is 11.5 Å². The van der Waals surface area contributed by atoms with E-state index in [0.29, 0.717) is 25.8 Å². The number of rotatable bonds is 29. The summed E-state index contributed by atoms with van der Waals surface area (Å²) in [4.78, 5) is 127. The molecule has 0 aromatic carbocycles. The lowest BCUT2D eigenvalue weighted by Crippen LogP contribution is -2.61. The van der Waals surface area contributed by atoms with Crippen molar-refractivity contribution in [3.05, 3.63) is 0 Å². The van der Waals surface area contributed by atoms with E-state index in [2.05, 4.69) is 42.5 Å². The predicted molar refractivity (Wildman–Crippen MR) is 216 cm³/mol. The Bertz CT molecular complexity index is 1530. The van der Waals surface area contributed by atoms with Gasteiger partial charge in [0.15, 0.2) is 0 Å². The van der Waals surface area contributed by atoms with Crippen LogP contribution in [-0.4, -0.2) is 154 Å². The standard InChI is InChI=1S/C37H66N10O14/c1-8-18(4)28(46-30(53)19(5)39)35(58)45-25(16-48)34(57)41-20(6)31(54)43-24(14-27(51)52)33(56)47-29(21(7)49)36(59)44-23(13-17(2)3)32(55)40-15-26(50)42-22(37(60)61)11-9-10-12-38/h17-25,28-29,48-49H,8-16,38-39H2,1-7H3,(H,40,55)(H,41,57)(H,42,50)(H,43,54)(H,44,59)(H,45,58)(H,46,53)(H,47,56)(H,51,52)(H,60,61)/t18-,19-,20-,21+,22-,23-,24+,25-,28-,29-/m0/s1. The molecule has 0 aromatic rings. The zero-order chi connectivity index (χ0) is 47.1. The van der Waals surface area contributed by atoms with E-state index >= 15 is 0 Å². The second kappa shape index (κ2) is 28.1. The minimum atomic E-state index is -1.89. The van der Waals surface area contributed by atoms with Gasteiger partial charge in [-0.2, -0.15) is 0 Å². The van der Waals surface area contributed by atoms with Gasteiger partial charge in [0.25, 0.3) is 0 Å². The lowest BCUT2D eigenvalue weighted by Gasteiger charge is -2.28. The maximum Gasteiger partial charge on any atom is 0.326 e. The van der Waals surface area contributed by atoms with Crippen LogP contribution in [0.4, 0.5) is 0 Å². The SMILES string of the molecule is CC[C@H](C)[C@H](NC(=O)[C@H](C)N)C(=O)N[C@@H](CO)C(=O)N[C@@H](C)C(=O)N[C@H](CC(=O)O)C(=O)N[C@H](C(=O)N[C@@H](CC(C)C)C(=O)NCC(=O)N[C@@H](CCCCN)C(=O)O)[C@@H](C)O. The summed E-state index contributed by atoms with van der Waals surface area (Å²) >= 11 is 0. The van der Waals surface area contributed by atoms with E-state index in [-0.39, 0.29) is 18.8 Å². The Hall–Kier alpha value is -5.46. The van der Waals surface area contributed by atoms with E-state index in [1.807, 2.05) is 0 Å². The van der Waals surface area contributed by atoms with Gasteiger partial charge in [0.05, 0.1) is 31.7 Å². The number of unbranched alkanes of at least 4 members (excludes halogenated alkanes) is 1. The topological polar surface area (TPSA) is 400 Å². The molecule has 0 heterocycles. The van der Waals surface area contributed by atoms with Crippen LogP contribution < -0.4 is 54.0 Å². The smallest absolute Gasteiger partial charge is 0.326 e. The minimum Gasteiger partial charge on any atom is -0.481 e. The number of amides is 8. The van der Waals surface area contributed by atoms with Crippen LogP contribution in [0.3, 0.4) is 0 Å². The summed E-state index contributed by atoms with van der Waals surface area (Å²) in [6.45, 7) is 9.23. The fraction of sp³-hybridized carbons (Fsp3) is 0.730. The Kier molecular flexibility index (Phi) is 25.6. The Morgan fingerprint density at radius 3 is 1.64 bits per heavy atom. The molecule has 0 saturated carbocycles. The van der Waals surface area contributed by atoms with Gasteiger partial charge in [-0.1, -0.05) is 34.1 Å². The Morgan fingerprint density at radius 1 is 0.607 bits per heavy atom. The van der Waals surface area contributed by atoms with Crippen molar-refractivity contribution in [2.75, 3.05) is 19.7 Å². The fourth-order valence-corrected chi connectivity index (χ4v) is 5.41. The average Bonchev–Trinajstić information content (AvgIpc) is 3.17. The predicted octanol–water partition coefficient (Wildman–Crippen LogP) is -4.98. The van der Waals surface area contributed by atoms with Crippen molar-refractivity contribution < 1.29 is 68.4 Å². The highest BCUT2D eigenvalue weighted by atomic mass is 16.4. The molecule has 0 aliphatic rings. The zero-order valence-corrected chi connectivity index (χ0v) is 35.7. The van der Waals surface area contributed by atoms with Crippen LogP contribution in [0, 0.1) is 11.8 Å². The molecule has 0 bridgehead atoms. The quantitative estimate of drug-likeness (QED) is 0.0313. The first-order valence-corrected chi connectivity index (χ1v) is 20.0. The summed E-state index contributed by atoms with van der Waals surface area (Å²) in [7, 11) is 0. The van der Waals surface area contributed by atoms with Gasteiger partial charge in [0.2, 0.25) is 47.3 Å². The molecule has 0 rings (SSSR count). The first-order chi connectivity index (χ1) is 28.4. The van der Waals surface area contributed by atoms with Crippen molar-refractivity contribution in [3.8, 4) is 0 Å². The molecule has 61 heavy (non-hydrogen) atoms. The summed E-state index contributed by atoms with van der Waals surface area (Å²) in [5.41, 5.74) is 11.0. The first-order valence-electron chi connectivity index (χ1n) is 20.0. The first kappa shape index (κ1) is 55.5. The summed E-state index contributed by atoms with van der Waals surface area (Å²) in [5.74, 6) is -11.2. The van der Waals surface area contributed by atoms with Crippen molar-refractivity contribution in [2.45, 2.75) is 141 Å². The maximum atomic E-state index is 13.4. The van der Waals surface area contributed by atoms with Crippen LogP contribution in [0.5, 0.6) is 0 Å². The number of carbonyl (C=O) groups excluding carboxylic acids is 8. The molecular formula is C37H66N10O14. The number of aliphatic carboxylic acids is 2. The van der Waals surface area contributed by atoms with Gasteiger partial charge in [0.1, 0.15) is 42.3 Å². The number of aliphatic hydroxyl groups is 2. The molecule has 0 aliphatic heterocycles. The van der Waals surface area contributed by atoms with Crippen molar-refractivity contribution in [3.63, 3.8) is 0 Å². The highest BCUT2D eigenvalue weighted by Gasteiger charge is 2.35. The van der Waals surface area contributed by atoms with Gasteiger partial charge in [-0.15, -0.1) is 0 Å². The lowest BCUT2D eigenvalue weighted by atomic mass is 9.97. The van der Waals surface area contributed by atoms with E-state index in [9.17, 15) is 68.4 Å². The number of nitrogens with two attached hydrogens (primary N) is 2. The molecule has 0 saturated heterocycles. The van der Waals surface area contributed by atoms with Crippen molar-refractivity contribution in [2.24, 2.45) is 23.3 Å². The van der Waals surface area contributed by atoms with Crippen LogP contribution in [0.2, 0.25) is 0 Å². The number of carboxylic acids is 2. The van der Waals surface area contributed by atoms with Crippen molar-refractivity contribution >= 4 is 59.2 Å². The Balaban J connectivity index is 5.86. The Labute approximate surface area is 354 Å². The number of hydrogen-bond acceptors (Lipinski definition) is 14. The molecule has 16 N–H and O–H groups in total. The second-order valence-corrected chi connectivity index (χ2v) is 15.2. The molecular weight excluding hydrogens is 808 g/mol. The zero-order valence-electron chi connectivity index (χ0n) is 35.7. The number of carbonyl (C=O) groups is 10. The third-order valence-corrected chi connectivity index (χ3v) is 9.19. The third kappa shape index (κ3) is 21.1. The van der Waals surface area contributed by atoms with Gasteiger partial charge in [-0.3, -0.25) is 43.2 Å². The molecule has 24 heteroatoms. The third-order valence-electron chi connectivity index (χ3n) is 9.19. The molecule has 0 spiro atoms. The number of carboxylic acid groups (broad SMARTS) is 2. The van der Waals surface area contributed by atoms with E-state index in [0.717, 1.165) is 13.8 Å². The monoisotopic (exact) mass is 874 g/mol. The van der Waals surface area contributed by atoms with Gasteiger partial charge in [0, 0.05) is 0 Å². The van der Waals surface area contributed by atoms with Crippen molar-refractivity contribution in [1.29, 1.82) is 0 Å². The summed E-state index contributed by atoms with van der Waals surface area (Å²) < 4.78 is 0. The summed E-state index contributed by atoms with van der Waals surface area (Å²) in [6.07, 6.45) is -1.19. The van der Waals surface area contributed by atoms with E-state index in [1.165, 1.54) is 6.92 Å². The van der Waals surface area contributed by atoms with Gasteiger partial charge < -0.3 is 74.4 Å². The van der Waals surface area contributed by atoms with Crippen LogP contribution in [0.15, 0.2) is 0 Å². The van der Waals surface area contributed by atoms with Gasteiger partial charge >= 0.3 is 11.9 Å². The lowest BCUT2D eigenvalue weighted by molar-refractivity contribution is -0.142. The molecule has 0 aromatic heterocycles. The van der Waals surface area contributed by atoms with Gasteiger partial charge in [-0.05, 0) is 64.8 Å². The highest BCUT2D eigenvalue weighted by Crippen LogP contribution is 2.10. The Morgan fingerprint density at radius 2 is 1.15 bits per heavy atom. The molecule has 24 nitrogen and oxygen atoms in total. The normalized spacial score (nSPS) is 16.0. The number of nitrogens with one attached hydrogen (secondary N) is 8. The van der Waals surface area contributed by atoms with Crippen LogP contribution in [0.1, 0.15) is 87.0 Å². The molecule has 10 atom stereocenters. The van der Waals surface area contributed by atoms with Crippen LogP contribution >= 0.6 is 0 Å². The van der Waals surface area contributed by atoms with Gasteiger partial charge in [-0.25, -0.2) is 4.79 Å². The fourth-order valence-electron chi connectivity index (χ4n) is 5.41. The molecule has 0 radical (unpaired) electrons. The average molecular weight is 875 g/mol. The minimum absolute atomic E-state index is 0.00119. The maximum absolute atomic E-state index is 13.4. The molecule has 0 fully saturated rings. The van der Waals surface area contributed by atoms with Crippen LogP contribution in [-0.2, 0) is 47.9 Å². The van der Waals surface area contributed by atoms with Crippen molar-refractivity contribution in [1.82, 2.24) is 42.5 Å².